The van der Waals surface area contributed by atoms with E-state index in [0.717, 1.165) is 5.56 Å². The van der Waals surface area contributed by atoms with Gasteiger partial charge in [-0.1, -0.05) is 6.07 Å². The van der Waals surface area contributed by atoms with Crippen LogP contribution in [0, 0.1) is 13.8 Å². The molecule has 0 aromatic heterocycles. The first-order valence-corrected chi connectivity index (χ1v) is 5.55. The van der Waals surface area contributed by atoms with Gasteiger partial charge in [0.1, 0.15) is 5.75 Å². The molecule has 100 valence electrons. The first-order valence-electron chi connectivity index (χ1n) is 5.55. The van der Waals surface area contributed by atoms with E-state index in [-0.39, 0.29) is 12.4 Å². The summed E-state index contributed by atoms with van der Waals surface area (Å²) in [7, 11) is 1.29. The highest BCUT2D eigenvalue weighted by molar-refractivity contribution is 5.81. The molecule has 1 rings (SSSR count). The van der Waals surface area contributed by atoms with Crippen LogP contribution in [0.1, 0.15) is 23.6 Å². The summed E-state index contributed by atoms with van der Waals surface area (Å²) in [5, 5.41) is 0. The van der Waals surface area contributed by atoms with Gasteiger partial charge in [-0.05, 0) is 38.0 Å². The van der Waals surface area contributed by atoms with Gasteiger partial charge in [-0.25, -0.2) is 4.79 Å². The van der Waals surface area contributed by atoms with Crippen molar-refractivity contribution in [1.82, 2.24) is 0 Å². The zero-order valence-electron chi connectivity index (χ0n) is 10.8. The van der Waals surface area contributed by atoms with Gasteiger partial charge < -0.3 is 9.47 Å². The lowest BCUT2D eigenvalue weighted by molar-refractivity contribution is -0.173. The number of rotatable bonds is 4. The minimum Gasteiger partial charge on any atom is -0.496 e. The summed E-state index contributed by atoms with van der Waals surface area (Å²) < 4.78 is 37.4. The van der Waals surface area contributed by atoms with E-state index in [1.807, 2.05) is 0 Å². The van der Waals surface area contributed by atoms with E-state index in [1.54, 1.807) is 13.0 Å². The third-order valence-corrected chi connectivity index (χ3v) is 2.51. The first kappa shape index (κ1) is 14.4. The molecule has 0 fully saturated rings. The Balaban J connectivity index is 3.35. The average Bonchev–Trinajstić information content (AvgIpc) is 2.27. The van der Waals surface area contributed by atoms with Crippen molar-refractivity contribution in [3.63, 3.8) is 0 Å². The van der Waals surface area contributed by atoms with E-state index < -0.39 is 17.5 Å². The van der Waals surface area contributed by atoms with Crippen molar-refractivity contribution in [1.29, 1.82) is 0 Å². The van der Waals surface area contributed by atoms with E-state index in [2.05, 4.69) is 4.74 Å². The van der Waals surface area contributed by atoms with Crippen molar-refractivity contribution in [2.75, 3.05) is 13.7 Å². The molecule has 0 saturated carbocycles. The molecule has 0 saturated heterocycles. The van der Waals surface area contributed by atoms with Crippen molar-refractivity contribution >= 4 is 5.97 Å². The molecule has 0 spiro atoms. The molecule has 0 bridgehead atoms. The summed E-state index contributed by atoms with van der Waals surface area (Å²) in [6.07, 6.45) is 0. The van der Waals surface area contributed by atoms with E-state index in [4.69, 9.17) is 4.74 Å². The Labute approximate surface area is 105 Å². The highest BCUT2D eigenvalue weighted by Crippen LogP contribution is 2.39. The standard InChI is InChI=1S/C13H16F2O3/c1-5-18-12(16)13(14,15)11-9(3)6-8(2)7-10(11)17-4/h6-7H,5H2,1-4H3. The number of halogens is 2. The lowest BCUT2D eigenvalue weighted by Crippen LogP contribution is -2.29. The van der Waals surface area contributed by atoms with Gasteiger partial charge >= 0.3 is 11.9 Å². The molecular formula is C13H16F2O3. The van der Waals surface area contributed by atoms with Crippen LogP contribution in [0.4, 0.5) is 8.78 Å². The van der Waals surface area contributed by atoms with Crippen LogP contribution in [0.2, 0.25) is 0 Å². The highest BCUT2D eigenvalue weighted by Gasteiger charge is 2.46. The highest BCUT2D eigenvalue weighted by atomic mass is 19.3. The van der Waals surface area contributed by atoms with Crippen molar-refractivity contribution in [3.8, 4) is 5.75 Å². The number of carbonyl (C=O) groups is 1. The molecule has 3 nitrogen and oxygen atoms in total. The number of benzene rings is 1. The van der Waals surface area contributed by atoms with Crippen LogP contribution < -0.4 is 4.74 Å². The molecule has 1 aromatic carbocycles. The van der Waals surface area contributed by atoms with Crippen molar-refractivity contribution in [3.05, 3.63) is 28.8 Å². The van der Waals surface area contributed by atoms with Gasteiger partial charge in [0.2, 0.25) is 0 Å². The van der Waals surface area contributed by atoms with E-state index in [1.165, 1.54) is 27.0 Å². The average molecular weight is 258 g/mol. The maximum Gasteiger partial charge on any atom is 0.382 e. The van der Waals surface area contributed by atoms with Crippen LogP contribution >= 0.6 is 0 Å². The quantitative estimate of drug-likeness (QED) is 0.779. The largest absolute Gasteiger partial charge is 0.496 e. The first-order chi connectivity index (χ1) is 8.34. The molecule has 0 aliphatic carbocycles. The second-order valence-electron chi connectivity index (χ2n) is 3.95. The van der Waals surface area contributed by atoms with Crippen LogP contribution in [-0.2, 0) is 15.5 Å². The molecule has 0 aliphatic rings. The Bertz CT molecular complexity index is 456. The van der Waals surface area contributed by atoms with Crippen LogP contribution in [0.5, 0.6) is 5.75 Å². The lowest BCUT2D eigenvalue weighted by atomic mass is 9.99. The topological polar surface area (TPSA) is 35.5 Å². The second kappa shape index (κ2) is 5.33. The molecule has 0 atom stereocenters. The molecule has 0 N–H and O–H groups in total. The Morgan fingerprint density at radius 1 is 1.33 bits per heavy atom. The molecule has 0 aliphatic heterocycles. The van der Waals surface area contributed by atoms with Gasteiger partial charge in [0.15, 0.2) is 0 Å². The normalized spacial score (nSPS) is 11.2. The summed E-state index contributed by atoms with van der Waals surface area (Å²) in [5.41, 5.74) is 0.645. The van der Waals surface area contributed by atoms with Crippen LogP contribution in [-0.4, -0.2) is 19.7 Å². The molecule has 18 heavy (non-hydrogen) atoms. The van der Waals surface area contributed by atoms with Gasteiger partial charge in [0.25, 0.3) is 0 Å². The minimum atomic E-state index is -3.71. The number of esters is 1. The Morgan fingerprint density at radius 3 is 2.44 bits per heavy atom. The molecular weight excluding hydrogens is 242 g/mol. The fraction of sp³-hybridized carbons (Fsp3) is 0.462. The third-order valence-electron chi connectivity index (χ3n) is 2.51. The fourth-order valence-corrected chi connectivity index (χ4v) is 1.82. The Morgan fingerprint density at radius 2 is 1.94 bits per heavy atom. The molecule has 0 unspecified atom stereocenters. The zero-order valence-corrected chi connectivity index (χ0v) is 10.8. The number of methoxy groups -OCH3 is 1. The third kappa shape index (κ3) is 2.60. The van der Waals surface area contributed by atoms with E-state index >= 15 is 0 Å². The van der Waals surface area contributed by atoms with Crippen LogP contribution in [0.15, 0.2) is 12.1 Å². The van der Waals surface area contributed by atoms with Gasteiger partial charge in [-0.15, -0.1) is 0 Å². The number of hydrogen-bond acceptors (Lipinski definition) is 3. The van der Waals surface area contributed by atoms with Crippen molar-refractivity contribution in [2.45, 2.75) is 26.7 Å². The monoisotopic (exact) mass is 258 g/mol. The van der Waals surface area contributed by atoms with Gasteiger partial charge in [0, 0.05) is 0 Å². The van der Waals surface area contributed by atoms with Crippen LogP contribution in [0.3, 0.4) is 0 Å². The molecule has 0 heterocycles. The fourth-order valence-electron chi connectivity index (χ4n) is 1.82. The molecule has 0 amide bonds. The Kier molecular flexibility index (Phi) is 4.27. The van der Waals surface area contributed by atoms with Gasteiger partial charge in [-0.2, -0.15) is 8.78 Å². The maximum atomic E-state index is 14.0. The zero-order chi connectivity index (χ0) is 13.9. The molecule has 0 radical (unpaired) electrons. The maximum absolute atomic E-state index is 14.0. The summed E-state index contributed by atoms with van der Waals surface area (Å²) in [6.45, 7) is 4.66. The predicted octanol–water partition coefficient (Wildman–Crippen LogP) is 2.97. The smallest absolute Gasteiger partial charge is 0.382 e. The number of hydrogen-bond donors (Lipinski definition) is 0. The molecule has 5 heteroatoms. The number of ether oxygens (including phenoxy) is 2. The van der Waals surface area contributed by atoms with Crippen LogP contribution in [0.25, 0.3) is 0 Å². The number of aryl methyl sites for hydroxylation is 2. The summed E-state index contributed by atoms with van der Waals surface area (Å²) >= 11 is 0. The minimum absolute atomic E-state index is 0.00875. The second-order valence-corrected chi connectivity index (χ2v) is 3.95. The van der Waals surface area contributed by atoms with Crippen molar-refractivity contribution in [2.24, 2.45) is 0 Å². The summed E-state index contributed by atoms with van der Waals surface area (Å²) in [6, 6.07) is 3.04. The number of alkyl halides is 2. The predicted molar refractivity (Wildman–Crippen MR) is 63.0 cm³/mol. The summed E-state index contributed by atoms with van der Waals surface area (Å²) in [4.78, 5) is 11.3. The van der Waals surface area contributed by atoms with Crippen molar-refractivity contribution < 1.29 is 23.0 Å². The number of carbonyl (C=O) groups excluding carboxylic acids is 1. The van der Waals surface area contributed by atoms with Gasteiger partial charge in [-0.3, -0.25) is 0 Å². The Hall–Kier alpha value is -1.65. The van der Waals surface area contributed by atoms with E-state index in [9.17, 15) is 13.6 Å². The molecule has 1 aromatic rings. The van der Waals surface area contributed by atoms with E-state index in [0.29, 0.717) is 5.56 Å². The van der Waals surface area contributed by atoms with Gasteiger partial charge in [0.05, 0.1) is 19.3 Å². The SMILES string of the molecule is CCOC(=O)C(F)(F)c1c(C)cc(C)cc1OC. The lowest BCUT2D eigenvalue weighted by Gasteiger charge is -2.20. The summed E-state index contributed by atoms with van der Waals surface area (Å²) in [5.74, 6) is -5.28.